The Kier molecular flexibility index (Phi) is 3.48. The molecule has 21 heavy (non-hydrogen) atoms. The maximum Gasteiger partial charge on any atom is 0.233 e. The van der Waals surface area contributed by atoms with Crippen LogP contribution in [0.3, 0.4) is 0 Å². The Morgan fingerprint density at radius 1 is 1.33 bits per heavy atom. The first-order chi connectivity index (χ1) is 10.2. The smallest absolute Gasteiger partial charge is 0.233 e. The van der Waals surface area contributed by atoms with Crippen molar-refractivity contribution in [2.75, 3.05) is 36.2 Å². The quantitative estimate of drug-likeness (QED) is 0.907. The second-order valence-corrected chi connectivity index (χ2v) is 5.30. The summed E-state index contributed by atoms with van der Waals surface area (Å²) < 4.78 is 0. The molecule has 2 aromatic rings. The van der Waals surface area contributed by atoms with E-state index in [1.807, 2.05) is 49.3 Å². The third-order valence-corrected chi connectivity index (χ3v) is 3.69. The van der Waals surface area contributed by atoms with Crippen molar-refractivity contribution in [3.05, 3.63) is 48.3 Å². The van der Waals surface area contributed by atoms with E-state index in [9.17, 15) is 4.79 Å². The lowest BCUT2D eigenvalue weighted by Crippen LogP contribution is -2.24. The molecule has 0 saturated heterocycles. The summed E-state index contributed by atoms with van der Waals surface area (Å²) >= 11 is 0. The zero-order chi connectivity index (χ0) is 14.8. The zero-order valence-electron chi connectivity index (χ0n) is 12.1. The average Bonchev–Trinajstić information content (AvgIpc) is 2.91. The summed E-state index contributed by atoms with van der Waals surface area (Å²) in [6, 6.07) is 9.81. The SMILES string of the molecule is CN(C)c1ccncc1NC(=O)C1CNc2ccccc21. The number of fused-ring (bicyclic) bond motifs is 1. The van der Waals surface area contributed by atoms with Gasteiger partial charge in [0.05, 0.1) is 23.5 Å². The molecule has 1 unspecified atom stereocenters. The van der Waals surface area contributed by atoms with Crippen LogP contribution in [0.25, 0.3) is 0 Å². The topological polar surface area (TPSA) is 57.3 Å². The number of nitrogens with one attached hydrogen (secondary N) is 2. The van der Waals surface area contributed by atoms with E-state index in [-0.39, 0.29) is 11.8 Å². The lowest BCUT2D eigenvalue weighted by Gasteiger charge is -2.18. The first kappa shape index (κ1) is 13.4. The second-order valence-electron chi connectivity index (χ2n) is 5.30. The molecule has 108 valence electrons. The number of hydrogen-bond acceptors (Lipinski definition) is 4. The van der Waals surface area contributed by atoms with Crippen LogP contribution in [0.1, 0.15) is 11.5 Å². The van der Waals surface area contributed by atoms with Crippen molar-refractivity contribution in [3.8, 4) is 0 Å². The van der Waals surface area contributed by atoms with Crippen molar-refractivity contribution in [1.29, 1.82) is 0 Å². The minimum Gasteiger partial charge on any atom is -0.384 e. The van der Waals surface area contributed by atoms with Gasteiger partial charge in [-0.1, -0.05) is 18.2 Å². The Balaban J connectivity index is 1.82. The Bertz CT molecular complexity index is 669. The highest BCUT2D eigenvalue weighted by molar-refractivity contribution is 6.00. The van der Waals surface area contributed by atoms with Crippen LogP contribution in [0.4, 0.5) is 17.1 Å². The minimum absolute atomic E-state index is 0.0106. The number of benzene rings is 1. The van der Waals surface area contributed by atoms with Gasteiger partial charge >= 0.3 is 0 Å². The van der Waals surface area contributed by atoms with Crippen molar-refractivity contribution in [2.45, 2.75) is 5.92 Å². The normalized spacial score (nSPS) is 16.0. The molecule has 0 spiro atoms. The highest BCUT2D eigenvalue weighted by Crippen LogP contribution is 2.32. The molecule has 2 N–H and O–H groups in total. The summed E-state index contributed by atoms with van der Waals surface area (Å²) in [5.41, 5.74) is 3.76. The third-order valence-electron chi connectivity index (χ3n) is 3.69. The standard InChI is InChI=1S/C16H18N4O/c1-20(2)15-7-8-17-10-14(15)19-16(21)12-9-18-13-6-4-3-5-11(12)13/h3-8,10,12,18H,9H2,1-2H3,(H,19,21). The minimum atomic E-state index is -0.170. The van der Waals surface area contributed by atoms with Crippen LogP contribution in [0.2, 0.25) is 0 Å². The zero-order valence-corrected chi connectivity index (χ0v) is 12.1. The van der Waals surface area contributed by atoms with E-state index < -0.39 is 0 Å². The van der Waals surface area contributed by atoms with Crippen LogP contribution in [-0.4, -0.2) is 31.5 Å². The van der Waals surface area contributed by atoms with Gasteiger partial charge < -0.3 is 15.5 Å². The van der Waals surface area contributed by atoms with Crippen LogP contribution in [0.15, 0.2) is 42.7 Å². The van der Waals surface area contributed by atoms with Gasteiger partial charge in [0.1, 0.15) is 0 Å². The molecule has 0 radical (unpaired) electrons. The molecule has 5 nitrogen and oxygen atoms in total. The molecule has 1 aromatic heterocycles. The Hall–Kier alpha value is -2.56. The van der Waals surface area contributed by atoms with Gasteiger partial charge in [0, 0.05) is 32.5 Å². The molecule has 0 fully saturated rings. The number of nitrogens with zero attached hydrogens (tertiary/aromatic N) is 2. The Morgan fingerprint density at radius 3 is 2.95 bits per heavy atom. The molecule has 3 rings (SSSR count). The lowest BCUT2D eigenvalue weighted by molar-refractivity contribution is -0.117. The molecule has 2 heterocycles. The summed E-state index contributed by atoms with van der Waals surface area (Å²) in [5.74, 6) is -0.181. The first-order valence-electron chi connectivity index (χ1n) is 6.92. The van der Waals surface area contributed by atoms with E-state index >= 15 is 0 Å². The van der Waals surface area contributed by atoms with Gasteiger partial charge in [-0.05, 0) is 17.7 Å². The van der Waals surface area contributed by atoms with Gasteiger partial charge in [-0.3, -0.25) is 9.78 Å². The fourth-order valence-corrected chi connectivity index (χ4v) is 2.61. The van der Waals surface area contributed by atoms with Gasteiger partial charge in [0.25, 0.3) is 0 Å². The molecule has 1 atom stereocenters. The van der Waals surface area contributed by atoms with Crippen molar-refractivity contribution < 1.29 is 4.79 Å². The van der Waals surface area contributed by atoms with Crippen LogP contribution < -0.4 is 15.5 Å². The van der Waals surface area contributed by atoms with Gasteiger partial charge in [-0.25, -0.2) is 0 Å². The number of carbonyl (C=O) groups excluding carboxylic acids is 1. The van der Waals surface area contributed by atoms with Crippen LogP contribution in [0, 0.1) is 0 Å². The third kappa shape index (κ3) is 2.54. The number of carbonyl (C=O) groups is 1. The molecule has 0 bridgehead atoms. The predicted octanol–water partition coefficient (Wildman–Crippen LogP) is 2.30. The van der Waals surface area contributed by atoms with E-state index in [0.717, 1.165) is 22.6 Å². The fraction of sp³-hybridized carbons (Fsp3) is 0.250. The number of pyridine rings is 1. The van der Waals surface area contributed by atoms with Gasteiger partial charge in [-0.2, -0.15) is 0 Å². The number of anilines is 3. The molecular weight excluding hydrogens is 264 g/mol. The monoisotopic (exact) mass is 282 g/mol. The number of para-hydroxylation sites is 1. The maximum absolute atomic E-state index is 12.6. The van der Waals surface area contributed by atoms with Gasteiger partial charge in [0.2, 0.25) is 5.91 Å². The first-order valence-corrected chi connectivity index (χ1v) is 6.92. The Morgan fingerprint density at radius 2 is 2.14 bits per heavy atom. The number of rotatable bonds is 3. The van der Waals surface area contributed by atoms with Crippen molar-refractivity contribution in [1.82, 2.24) is 4.98 Å². The second kappa shape index (κ2) is 5.44. The summed E-state index contributed by atoms with van der Waals surface area (Å²) in [4.78, 5) is 18.6. The van der Waals surface area contributed by atoms with Crippen LogP contribution in [-0.2, 0) is 4.79 Å². The highest BCUT2D eigenvalue weighted by Gasteiger charge is 2.28. The molecule has 1 aliphatic heterocycles. The van der Waals surface area contributed by atoms with E-state index in [1.54, 1.807) is 12.4 Å². The molecule has 0 aliphatic carbocycles. The molecular formula is C16H18N4O. The summed E-state index contributed by atoms with van der Waals surface area (Å²) in [7, 11) is 3.88. The largest absolute Gasteiger partial charge is 0.384 e. The number of aromatic nitrogens is 1. The van der Waals surface area contributed by atoms with Crippen molar-refractivity contribution in [2.24, 2.45) is 0 Å². The molecule has 1 aliphatic rings. The fourth-order valence-electron chi connectivity index (χ4n) is 2.61. The van der Waals surface area contributed by atoms with E-state index in [4.69, 9.17) is 0 Å². The van der Waals surface area contributed by atoms with Crippen LogP contribution >= 0.6 is 0 Å². The number of hydrogen-bond donors (Lipinski definition) is 2. The molecule has 5 heteroatoms. The summed E-state index contributed by atoms with van der Waals surface area (Å²) in [5, 5.41) is 6.26. The van der Waals surface area contributed by atoms with Gasteiger partial charge in [0.15, 0.2) is 0 Å². The van der Waals surface area contributed by atoms with E-state index in [0.29, 0.717) is 6.54 Å². The lowest BCUT2D eigenvalue weighted by atomic mass is 10.0. The van der Waals surface area contributed by atoms with Gasteiger partial charge in [-0.15, -0.1) is 0 Å². The molecule has 1 amide bonds. The predicted molar refractivity (Wildman–Crippen MR) is 84.9 cm³/mol. The highest BCUT2D eigenvalue weighted by atomic mass is 16.1. The maximum atomic E-state index is 12.6. The van der Waals surface area contributed by atoms with Crippen LogP contribution in [0.5, 0.6) is 0 Å². The van der Waals surface area contributed by atoms with Crippen molar-refractivity contribution in [3.63, 3.8) is 0 Å². The summed E-state index contributed by atoms with van der Waals surface area (Å²) in [6.45, 7) is 0.628. The molecule has 1 aromatic carbocycles. The van der Waals surface area contributed by atoms with Crippen molar-refractivity contribution >= 4 is 23.0 Å². The molecule has 0 saturated carbocycles. The van der Waals surface area contributed by atoms with E-state index in [2.05, 4.69) is 15.6 Å². The average molecular weight is 282 g/mol. The summed E-state index contributed by atoms with van der Waals surface area (Å²) in [6.07, 6.45) is 3.40. The number of amides is 1. The van der Waals surface area contributed by atoms with E-state index in [1.165, 1.54) is 0 Å². The Labute approximate surface area is 124 Å².